The van der Waals surface area contributed by atoms with Crippen molar-refractivity contribution in [2.75, 3.05) is 0 Å². The molecule has 4 heteroatoms. The number of rotatable bonds is 3. The van der Waals surface area contributed by atoms with Crippen molar-refractivity contribution < 1.29 is 14.9 Å². The van der Waals surface area contributed by atoms with Crippen molar-refractivity contribution in [3.63, 3.8) is 0 Å². The number of ether oxygens (including phenoxy) is 1. The molecule has 0 spiro atoms. The normalized spacial score (nSPS) is 10.2. The lowest BCUT2D eigenvalue weighted by atomic mass is 10.2. The molecule has 0 unspecified atom stereocenters. The van der Waals surface area contributed by atoms with Gasteiger partial charge in [-0.25, -0.2) is 0 Å². The van der Waals surface area contributed by atoms with Crippen molar-refractivity contribution in [1.29, 1.82) is 0 Å². The van der Waals surface area contributed by atoms with Crippen LogP contribution in [0, 0.1) is 0 Å². The monoisotopic (exact) mass is 250 g/mol. The zero-order valence-electron chi connectivity index (χ0n) is 8.93. The van der Waals surface area contributed by atoms with Crippen LogP contribution in [0.15, 0.2) is 42.5 Å². The van der Waals surface area contributed by atoms with Crippen LogP contribution in [0.2, 0.25) is 5.02 Å². The Morgan fingerprint density at radius 3 is 2.41 bits per heavy atom. The van der Waals surface area contributed by atoms with Crippen LogP contribution in [0.5, 0.6) is 17.2 Å². The first kappa shape index (κ1) is 11.6. The first-order chi connectivity index (χ1) is 8.16. The van der Waals surface area contributed by atoms with Gasteiger partial charge in [-0.1, -0.05) is 29.8 Å². The second kappa shape index (κ2) is 4.97. The minimum absolute atomic E-state index is 0.196. The standard InChI is InChI=1S/C13H11ClO3/c14-10-6-4-9(5-7-10)8-17-12-3-1-2-11(15)13(12)16/h1-7,15-16H,8H2. The van der Waals surface area contributed by atoms with Crippen LogP contribution >= 0.6 is 11.6 Å². The van der Waals surface area contributed by atoms with E-state index in [0.717, 1.165) is 5.56 Å². The third-order valence-corrected chi connectivity index (χ3v) is 2.54. The third kappa shape index (κ3) is 2.82. The van der Waals surface area contributed by atoms with Crippen LogP contribution in [0.25, 0.3) is 0 Å². The van der Waals surface area contributed by atoms with Crippen molar-refractivity contribution in [3.05, 3.63) is 53.1 Å². The lowest BCUT2D eigenvalue weighted by Crippen LogP contribution is -1.95. The number of aromatic hydroxyl groups is 2. The van der Waals surface area contributed by atoms with Crippen LogP contribution in [-0.4, -0.2) is 10.2 Å². The maximum atomic E-state index is 9.52. The Morgan fingerprint density at radius 1 is 1.00 bits per heavy atom. The quantitative estimate of drug-likeness (QED) is 0.822. The summed E-state index contributed by atoms with van der Waals surface area (Å²) in [5, 5.41) is 19.5. The van der Waals surface area contributed by atoms with Gasteiger partial charge in [-0.2, -0.15) is 0 Å². The van der Waals surface area contributed by atoms with E-state index < -0.39 is 0 Å². The molecule has 3 nitrogen and oxygen atoms in total. The van der Waals surface area contributed by atoms with E-state index in [1.807, 2.05) is 12.1 Å². The average molecular weight is 251 g/mol. The van der Waals surface area contributed by atoms with Gasteiger partial charge >= 0.3 is 0 Å². The van der Waals surface area contributed by atoms with Crippen molar-refractivity contribution >= 4 is 11.6 Å². The van der Waals surface area contributed by atoms with E-state index in [-0.39, 0.29) is 17.2 Å². The van der Waals surface area contributed by atoms with Gasteiger partial charge in [0.1, 0.15) is 6.61 Å². The molecule has 0 saturated heterocycles. The fourth-order valence-corrected chi connectivity index (χ4v) is 1.49. The molecule has 0 bridgehead atoms. The van der Waals surface area contributed by atoms with Crippen LogP contribution in [0.4, 0.5) is 0 Å². The van der Waals surface area contributed by atoms with E-state index in [0.29, 0.717) is 11.6 Å². The Hall–Kier alpha value is -1.87. The number of benzene rings is 2. The van der Waals surface area contributed by atoms with Crippen LogP contribution in [-0.2, 0) is 6.61 Å². The first-order valence-electron chi connectivity index (χ1n) is 5.05. The Kier molecular flexibility index (Phi) is 3.40. The SMILES string of the molecule is Oc1cccc(OCc2ccc(Cl)cc2)c1O. The molecular weight excluding hydrogens is 240 g/mol. The molecule has 2 rings (SSSR count). The average Bonchev–Trinajstić information content (AvgIpc) is 2.33. The molecule has 0 fully saturated rings. The van der Waals surface area contributed by atoms with Crippen molar-refractivity contribution in [3.8, 4) is 17.2 Å². The molecule has 0 aliphatic rings. The highest BCUT2D eigenvalue weighted by Crippen LogP contribution is 2.34. The van der Waals surface area contributed by atoms with E-state index in [1.165, 1.54) is 6.07 Å². The van der Waals surface area contributed by atoms with E-state index in [2.05, 4.69) is 0 Å². The van der Waals surface area contributed by atoms with Gasteiger partial charge in [-0.05, 0) is 29.8 Å². The van der Waals surface area contributed by atoms with Crippen LogP contribution < -0.4 is 4.74 Å². The third-order valence-electron chi connectivity index (χ3n) is 2.29. The molecule has 0 aliphatic carbocycles. The van der Waals surface area contributed by atoms with E-state index >= 15 is 0 Å². The van der Waals surface area contributed by atoms with Gasteiger partial charge in [0.15, 0.2) is 11.5 Å². The number of para-hydroxylation sites is 1. The first-order valence-corrected chi connectivity index (χ1v) is 5.43. The van der Waals surface area contributed by atoms with Crippen molar-refractivity contribution in [2.45, 2.75) is 6.61 Å². The molecule has 0 amide bonds. The summed E-state index contributed by atoms with van der Waals surface area (Å²) in [7, 11) is 0. The Morgan fingerprint density at radius 2 is 1.71 bits per heavy atom. The highest BCUT2D eigenvalue weighted by Gasteiger charge is 2.06. The van der Waals surface area contributed by atoms with Gasteiger partial charge in [-0.15, -0.1) is 0 Å². The number of phenolic OH excluding ortho intramolecular Hbond substituents is 2. The molecule has 2 aromatic carbocycles. The van der Waals surface area contributed by atoms with Crippen molar-refractivity contribution in [1.82, 2.24) is 0 Å². The maximum Gasteiger partial charge on any atom is 0.200 e. The van der Waals surface area contributed by atoms with E-state index in [4.69, 9.17) is 16.3 Å². The summed E-state index contributed by atoms with van der Waals surface area (Å²) in [5.41, 5.74) is 0.928. The molecule has 2 aromatic rings. The Labute approximate surface area is 104 Å². The molecule has 0 saturated carbocycles. The van der Waals surface area contributed by atoms with Gasteiger partial charge in [0.05, 0.1) is 0 Å². The topological polar surface area (TPSA) is 49.7 Å². The zero-order valence-corrected chi connectivity index (χ0v) is 9.69. The second-order valence-corrected chi connectivity index (χ2v) is 3.98. The molecule has 0 aromatic heterocycles. The predicted molar refractivity (Wildman–Crippen MR) is 65.6 cm³/mol. The van der Waals surface area contributed by atoms with E-state index in [1.54, 1.807) is 24.3 Å². The Balaban J connectivity index is 2.07. The highest BCUT2D eigenvalue weighted by atomic mass is 35.5. The largest absolute Gasteiger partial charge is 0.504 e. The molecule has 17 heavy (non-hydrogen) atoms. The molecule has 0 aliphatic heterocycles. The minimum atomic E-state index is -0.249. The van der Waals surface area contributed by atoms with Gasteiger partial charge in [0.2, 0.25) is 5.75 Å². The minimum Gasteiger partial charge on any atom is -0.504 e. The summed E-state index contributed by atoms with van der Waals surface area (Å²) in [6, 6.07) is 11.8. The van der Waals surface area contributed by atoms with Crippen LogP contribution in [0.3, 0.4) is 0 Å². The summed E-state index contributed by atoms with van der Waals surface area (Å²) in [6.45, 7) is 0.300. The lowest BCUT2D eigenvalue weighted by molar-refractivity contribution is 0.283. The Bertz CT molecular complexity index is 509. The van der Waals surface area contributed by atoms with E-state index in [9.17, 15) is 10.2 Å². The molecule has 0 radical (unpaired) electrons. The fraction of sp³-hybridized carbons (Fsp3) is 0.0769. The number of hydrogen-bond acceptors (Lipinski definition) is 3. The molecule has 0 atom stereocenters. The van der Waals surface area contributed by atoms with Crippen LogP contribution in [0.1, 0.15) is 5.56 Å². The number of halogens is 1. The summed E-state index contributed by atoms with van der Waals surface area (Å²) in [6.07, 6.45) is 0. The van der Waals surface area contributed by atoms with Gasteiger partial charge in [0, 0.05) is 5.02 Å². The molecule has 0 heterocycles. The van der Waals surface area contributed by atoms with Gasteiger partial charge in [0.25, 0.3) is 0 Å². The predicted octanol–water partition coefficient (Wildman–Crippen LogP) is 3.33. The summed E-state index contributed by atoms with van der Waals surface area (Å²) >= 11 is 5.76. The summed E-state index contributed by atoms with van der Waals surface area (Å²) < 4.78 is 5.39. The molecule has 2 N–H and O–H groups in total. The fourth-order valence-electron chi connectivity index (χ4n) is 1.37. The summed E-state index contributed by atoms with van der Waals surface area (Å²) in [5.74, 6) is -0.194. The maximum absolute atomic E-state index is 9.52. The zero-order chi connectivity index (χ0) is 12.3. The van der Waals surface area contributed by atoms with Crippen molar-refractivity contribution in [2.24, 2.45) is 0 Å². The second-order valence-electron chi connectivity index (χ2n) is 3.54. The smallest absolute Gasteiger partial charge is 0.200 e. The molecular formula is C13H11ClO3. The number of phenols is 2. The molecule has 88 valence electrons. The number of hydrogen-bond donors (Lipinski definition) is 2. The lowest BCUT2D eigenvalue weighted by Gasteiger charge is -2.08. The highest BCUT2D eigenvalue weighted by molar-refractivity contribution is 6.30. The van der Waals surface area contributed by atoms with Gasteiger partial charge in [-0.3, -0.25) is 0 Å². The summed E-state index contributed by atoms with van der Waals surface area (Å²) in [4.78, 5) is 0. The van der Waals surface area contributed by atoms with Gasteiger partial charge < -0.3 is 14.9 Å².